The molecule has 2 heterocycles. The number of benzene rings is 1. The summed E-state index contributed by atoms with van der Waals surface area (Å²) < 4.78 is 5.67. The predicted octanol–water partition coefficient (Wildman–Crippen LogP) is 2.95. The van der Waals surface area contributed by atoms with Crippen LogP contribution in [0.25, 0.3) is 0 Å². The fourth-order valence-electron chi connectivity index (χ4n) is 3.62. The molecule has 1 amide bonds. The molecule has 0 saturated carbocycles. The Balaban J connectivity index is 1.70. The molecule has 1 fully saturated rings. The van der Waals surface area contributed by atoms with Gasteiger partial charge in [0, 0.05) is 24.7 Å². The van der Waals surface area contributed by atoms with Gasteiger partial charge < -0.3 is 15.4 Å². The summed E-state index contributed by atoms with van der Waals surface area (Å²) in [5.41, 5.74) is 1.18. The lowest BCUT2D eigenvalue weighted by molar-refractivity contribution is -0.130. The average Bonchev–Trinajstić information content (AvgIpc) is 3.37. The van der Waals surface area contributed by atoms with Gasteiger partial charge in [-0.2, -0.15) is 0 Å². The van der Waals surface area contributed by atoms with Gasteiger partial charge in [0.25, 0.3) is 0 Å². The standard InChI is InChI=1S/C20H27N3O2S/c1-14(18(25-2)16-9-6-10-21-16)19(24)23-17(20-22-11-12-26-20)13-15-7-4-3-5-8-15/h3-5,7-8,11-12,14,16-18,21H,6,9-10,13H2,1-2H3,(H,23,24)/t14-,16+,17-,18-/m1/s1. The minimum Gasteiger partial charge on any atom is -0.379 e. The number of methoxy groups -OCH3 is 1. The Morgan fingerprint density at radius 2 is 2.23 bits per heavy atom. The van der Waals surface area contributed by atoms with Gasteiger partial charge in [0.1, 0.15) is 5.01 Å². The van der Waals surface area contributed by atoms with Crippen molar-refractivity contribution in [1.82, 2.24) is 15.6 Å². The fraction of sp³-hybridized carbons (Fsp3) is 0.500. The number of ether oxygens (including phenoxy) is 1. The lowest BCUT2D eigenvalue weighted by Crippen LogP contribution is -2.47. The number of aromatic nitrogens is 1. The maximum Gasteiger partial charge on any atom is 0.226 e. The van der Waals surface area contributed by atoms with Crippen molar-refractivity contribution < 1.29 is 9.53 Å². The average molecular weight is 374 g/mol. The van der Waals surface area contributed by atoms with Crippen LogP contribution in [0.3, 0.4) is 0 Å². The summed E-state index contributed by atoms with van der Waals surface area (Å²) in [6.45, 7) is 2.94. The molecule has 1 aliphatic heterocycles. The molecule has 5 nitrogen and oxygen atoms in total. The van der Waals surface area contributed by atoms with Crippen molar-refractivity contribution in [2.24, 2.45) is 5.92 Å². The number of nitrogens with one attached hydrogen (secondary N) is 2. The zero-order valence-electron chi connectivity index (χ0n) is 15.4. The normalized spacial score (nSPS) is 20.5. The van der Waals surface area contributed by atoms with Crippen molar-refractivity contribution in [1.29, 1.82) is 0 Å². The largest absolute Gasteiger partial charge is 0.379 e. The van der Waals surface area contributed by atoms with Crippen molar-refractivity contribution in [2.45, 2.75) is 44.4 Å². The van der Waals surface area contributed by atoms with Gasteiger partial charge in [0.2, 0.25) is 5.91 Å². The number of carbonyl (C=O) groups excluding carboxylic acids is 1. The van der Waals surface area contributed by atoms with Crippen molar-refractivity contribution in [3.8, 4) is 0 Å². The molecule has 4 atom stereocenters. The second-order valence-corrected chi connectivity index (χ2v) is 7.74. The molecule has 2 aromatic rings. The van der Waals surface area contributed by atoms with Crippen LogP contribution in [0.15, 0.2) is 41.9 Å². The van der Waals surface area contributed by atoms with Crippen molar-refractivity contribution in [3.63, 3.8) is 0 Å². The van der Waals surface area contributed by atoms with Crippen LogP contribution in [0.5, 0.6) is 0 Å². The van der Waals surface area contributed by atoms with E-state index < -0.39 is 0 Å². The van der Waals surface area contributed by atoms with Crippen LogP contribution in [0.1, 0.15) is 36.4 Å². The molecule has 26 heavy (non-hydrogen) atoms. The number of carbonyl (C=O) groups is 1. The molecule has 2 N–H and O–H groups in total. The van der Waals surface area contributed by atoms with Crippen LogP contribution < -0.4 is 10.6 Å². The lowest BCUT2D eigenvalue weighted by Gasteiger charge is -2.29. The molecule has 0 radical (unpaired) electrons. The Morgan fingerprint density at radius 1 is 1.42 bits per heavy atom. The number of thiazole rings is 1. The Labute approximate surface area is 159 Å². The van der Waals surface area contributed by atoms with E-state index in [-0.39, 0.29) is 30.0 Å². The lowest BCUT2D eigenvalue weighted by atomic mass is 9.95. The molecular formula is C20H27N3O2S. The summed E-state index contributed by atoms with van der Waals surface area (Å²) >= 11 is 1.57. The highest BCUT2D eigenvalue weighted by Crippen LogP contribution is 2.23. The van der Waals surface area contributed by atoms with E-state index in [1.165, 1.54) is 5.56 Å². The van der Waals surface area contributed by atoms with Gasteiger partial charge in [-0.3, -0.25) is 4.79 Å². The Kier molecular flexibility index (Phi) is 6.77. The summed E-state index contributed by atoms with van der Waals surface area (Å²) in [6.07, 6.45) is 4.58. The van der Waals surface area contributed by atoms with Gasteiger partial charge in [0.15, 0.2) is 0 Å². The molecule has 1 aromatic carbocycles. The van der Waals surface area contributed by atoms with Crippen molar-refractivity contribution >= 4 is 17.2 Å². The molecule has 0 aliphatic carbocycles. The van der Waals surface area contributed by atoms with E-state index in [0.29, 0.717) is 0 Å². The van der Waals surface area contributed by atoms with E-state index in [1.807, 2.05) is 30.5 Å². The summed E-state index contributed by atoms with van der Waals surface area (Å²) in [5, 5.41) is 9.54. The van der Waals surface area contributed by atoms with Gasteiger partial charge in [-0.25, -0.2) is 4.98 Å². The Morgan fingerprint density at radius 3 is 2.85 bits per heavy atom. The molecule has 1 saturated heterocycles. The number of amides is 1. The third-order valence-electron chi connectivity index (χ3n) is 5.02. The molecule has 1 aromatic heterocycles. The van der Waals surface area contributed by atoms with Gasteiger partial charge in [-0.1, -0.05) is 37.3 Å². The van der Waals surface area contributed by atoms with E-state index in [2.05, 4.69) is 27.8 Å². The quantitative estimate of drug-likeness (QED) is 0.747. The predicted molar refractivity (Wildman–Crippen MR) is 104 cm³/mol. The number of rotatable bonds is 8. The van der Waals surface area contributed by atoms with Crippen LogP contribution in [0.4, 0.5) is 0 Å². The third kappa shape index (κ3) is 4.69. The maximum absolute atomic E-state index is 13.0. The Bertz CT molecular complexity index is 672. The highest BCUT2D eigenvalue weighted by atomic mass is 32.1. The van der Waals surface area contributed by atoms with Crippen LogP contribution in [0, 0.1) is 5.92 Å². The van der Waals surface area contributed by atoms with E-state index in [9.17, 15) is 4.79 Å². The number of hydrogen-bond acceptors (Lipinski definition) is 5. The number of nitrogens with zero attached hydrogens (tertiary/aromatic N) is 1. The number of hydrogen-bond donors (Lipinski definition) is 2. The minimum atomic E-state index is -0.228. The van der Waals surface area contributed by atoms with Crippen molar-refractivity contribution in [2.75, 3.05) is 13.7 Å². The molecular weight excluding hydrogens is 346 g/mol. The zero-order chi connectivity index (χ0) is 18.4. The summed E-state index contributed by atoms with van der Waals surface area (Å²) in [7, 11) is 1.69. The fourth-order valence-corrected chi connectivity index (χ4v) is 4.31. The second-order valence-electron chi connectivity index (χ2n) is 6.81. The van der Waals surface area contributed by atoms with Gasteiger partial charge in [-0.05, 0) is 31.4 Å². The second kappa shape index (κ2) is 9.26. The maximum atomic E-state index is 13.0. The molecule has 0 bridgehead atoms. The van der Waals surface area contributed by atoms with E-state index >= 15 is 0 Å². The monoisotopic (exact) mass is 373 g/mol. The summed E-state index contributed by atoms with van der Waals surface area (Å²) in [5.74, 6) is -0.212. The van der Waals surface area contributed by atoms with E-state index in [0.717, 1.165) is 30.8 Å². The highest BCUT2D eigenvalue weighted by molar-refractivity contribution is 7.09. The van der Waals surface area contributed by atoms with Gasteiger partial charge >= 0.3 is 0 Å². The topological polar surface area (TPSA) is 63.2 Å². The minimum absolute atomic E-state index is 0.0154. The van der Waals surface area contributed by atoms with Gasteiger partial charge in [-0.15, -0.1) is 11.3 Å². The molecule has 1 aliphatic rings. The van der Waals surface area contributed by atoms with Crippen LogP contribution in [-0.2, 0) is 16.0 Å². The Hall–Kier alpha value is -1.76. The molecule has 0 unspecified atom stereocenters. The first kappa shape index (κ1) is 19.0. The van der Waals surface area contributed by atoms with Crippen molar-refractivity contribution in [3.05, 3.63) is 52.5 Å². The van der Waals surface area contributed by atoms with Gasteiger partial charge in [0.05, 0.1) is 18.1 Å². The first-order chi connectivity index (χ1) is 12.7. The summed E-state index contributed by atoms with van der Waals surface area (Å²) in [6, 6.07) is 10.3. The first-order valence-corrected chi connectivity index (χ1v) is 10.1. The molecule has 0 spiro atoms. The summed E-state index contributed by atoms with van der Waals surface area (Å²) in [4.78, 5) is 17.4. The zero-order valence-corrected chi connectivity index (χ0v) is 16.2. The highest BCUT2D eigenvalue weighted by Gasteiger charge is 2.34. The first-order valence-electron chi connectivity index (χ1n) is 9.19. The molecule has 6 heteroatoms. The third-order valence-corrected chi connectivity index (χ3v) is 5.91. The smallest absolute Gasteiger partial charge is 0.226 e. The van der Waals surface area contributed by atoms with E-state index in [4.69, 9.17) is 4.74 Å². The SMILES string of the molecule is CO[C@@H]([C@@H]1CCCN1)[C@@H](C)C(=O)N[C@H](Cc1ccccc1)c1nccs1. The van der Waals surface area contributed by atoms with Crippen LogP contribution >= 0.6 is 11.3 Å². The van der Waals surface area contributed by atoms with Crippen LogP contribution in [-0.4, -0.2) is 36.7 Å². The molecule has 140 valence electrons. The molecule has 3 rings (SSSR count). The van der Waals surface area contributed by atoms with E-state index in [1.54, 1.807) is 24.6 Å². The van der Waals surface area contributed by atoms with Crippen LogP contribution in [0.2, 0.25) is 0 Å².